The summed E-state index contributed by atoms with van der Waals surface area (Å²) in [4.78, 5) is 18.1. The summed E-state index contributed by atoms with van der Waals surface area (Å²) in [5.74, 6) is 0. The molecule has 1 N–H and O–H groups in total. The van der Waals surface area contributed by atoms with Crippen LogP contribution in [0.15, 0.2) is 24.3 Å². The fraction of sp³-hybridized carbons (Fsp3) is 0.500. The number of amides is 1. The van der Waals surface area contributed by atoms with Crippen LogP contribution in [0.25, 0.3) is 10.2 Å². The molecule has 3 rings (SSSR count). The minimum atomic E-state index is -0.196. The van der Waals surface area contributed by atoms with Gasteiger partial charge in [0.25, 0.3) is 0 Å². The van der Waals surface area contributed by atoms with Gasteiger partial charge in [0.05, 0.1) is 21.8 Å². The van der Waals surface area contributed by atoms with Crippen molar-refractivity contribution in [3.8, 4) is 0 Å². The van der Waals surface area contributed by atoms with Crippen LogP contribution in [0.4, 0.5) is 4.79 Å². The van der Waals surface area contributed by atoms with Crippen LogP contribution in [-0.2, 0) is 11.2 Å². The third kappa shape index (κ3) is 3.56. The maximum absolute atomic E-state index is 11.7. The molecule has 1 amide bonds. The van der Waals surface area contributed by atoms with Gasteiger partial charge < -0.3 is 15.0 Å². The molecule has 0 radical (unpaired) electrons. The SMILES string of the molecule is CCOC(=O)N1CC[C@@H](NCCc2nc3ccccc3s2)C1. The van der Waals surface area contributed by atoms with Crippen LogP contribution >= 0.6 is 11.3 Å². The first-order valence-electron chi connectivity index (χ1n) is 7.76. The molecule has 1 fully saturated rings. The molecule has 1 atom stereocenters. The fourth-order valence-electron chi connectivity index (χ4n) is 2.72. The van der Waals surface area contributed by atoms with Crippen molar-refractivity contribution in [3.63, 3.8) is 0 Å². The molecule has 0 bridgehead atoms. The largest absolute Gasteiger partial charge is 0.450 e. The summed E-state index contributed by atoms with van der Waals surface area (Å²) in [6.07, 6.45) is 1.71. The summed E-state index contributed by atoms with van der Waals surface area (Å²) in [6, 6.07) is 8.59. The van der Waals surface area contributed by atoms with E-state index in [1.165, 1.54) is 4.70 Å². The van der Waals surface area contributed by atoms with Gasteiger partial charge in [0.1, 0.15) is 0 Å². The lowest BCUT2D eigenvalue weighted by Gasteiger charge is -2.16. The Morgan fingerprint density at radius 2 is 2.36 bits per heavy atom. The van der Waals surface area contributed by atoms with Crippen LogP contribution in [0.5, 0.6) is 0 Å². The Morgan fingerprint density at radius 3 is 3.18 bits per heavy atom. The number of hydrogen-bond acceptors (Lipinski definition) is 5. The minimum Gasteiger partial charge on any atom is -0.450 e. The lowest BCUT2D eigenvalue weighted by atomic mass is 10.2. The van der Waals surface area contributed by atoms with E-state index in [2.05, 4.69) is 22.4 Å². The average molecular weight is 319 g/mol. The molecule has 0 aliphatic carbocycles. The average Bonchev–Trinajstić information content (AvgIpc) is 3.13. The van der Waals surface area contributed by atoms with E-state index >= 15 is 0 Å². The van der Waals surface area contributed by atoms with Gasteiger partial charge in [-0.1, -0.05) is 12.1 Å². The number of thiazole rings is 1. The number of hydrogen-bond donors (Lipinski definition) is 1. The molecule has 0 saturated carbocycles. The number of nitrogens with zero attached hydrogens (tertiary/aromatic N) is 2. The van der Waals surface area contributed by atoms with Gasteiger partial charge in [-0.2, -0.15) is 0 Å². The molecule has 118 valence electrons. The van der Waals surface area contributed by atoms with E-state index in [0.29, 0.717) is 12.6 Å². The second-order valence-electron chi connectivity index (χ2n) is 5.41. The number of ether oxygens (including phenoxy) is 1. The molecule has 2 aromatic rings. The number of aromatic nitrogens is 1. The third-order valence-corrected chi connectivity index (χ3v) is 4.92. The Bertz CT molecular complexity index is 610. The molecular formula is C16H21N3O2S. The Kier molecular flexibility index (Phi) is 4.90. The van der Waals surface area contributed by atoms with Gasteiger partial charge in [0.15, 0.2) is 0 Å². The predicted molar refractivity (Wildman–Crippen MR) is 88.3 cm³/mol. The standard InChI is InChI=1S/C16H21N3O2S/c1-2-21-16(20)19-10-8-12(11-19)17-9-7-15-18-13-5-3-4-6-14(13)22-15/h3-6,12,17H,2,7-11H2,1H3/t12-/m1/s1. The Balaban J connectivity index is 1.44. The third-order valence-electron chi connectivity index (χ3n) is 3.82. The number of nitrogens with one attached hydrogen (secondary N) is 1. The number of carbonyl (C=O) groups excluding carboxylic acids is 1. The van der Waals surface area contributed by atoms with Crippen molar-refractivity contribution >= 4 is 27.6 Å². The Morgan fingerprint density at radius 1 is 1.50 bits per heavy atom. The number of carbonyl (C=O) groups is 1. The second-order valence-corrected chi connectivity index (χ2v) is 6.53. The van der Waals surface area contributed by atoms with Crippen molar-refractivity contribution in [2.45, 2.75) is 25.8 Å². The van der Waals surface area contributed by atoms with Gasteiger partial charge in [-0.15, -0.1) is 11.3 Å². The number of benzene rings is 1. The fourth-order valence-corrected chi connectivity index (χ4v) is 3.68. The van der Waals surface area contributed by atoms with Crippen LogP contribution in [0.3, 0.4) is 0 Å². The summed E-state index contributed by atoms with van der Waals surface area (Å²) in [7, 11) is 0. The highest BCUT2D eigenvalue weighted by atomic mass is 32.1. The van der Waals surface area contributed by atoms with Crippen molar-refractivity contribution in [2.24, 2.45) is 0 Å². The highest BCUT2D eigenvalue weighted by Crippen LogP contribution is 2.21. The summed E-state index contributed by atoms with van der Waals surface area (Å²) in [5.41, 5.74) is 1.08. The van der Waals surface area contributed by atoms with Crippen LogP contribution in [-0.4, -0.2) is 48.3 Å². The predicted octanol–water partition coefficient (Wildman–Crippen LogP) is 2.66. The first-order valence-corrected chi connectivity index (χ1v) is 8.57. The van der Waals surface area contributed by atoms with E-state index < -0.39 is 0 Å². The number of fused-ring (bicyclic) bond motifs is 1. The molecule has 22 heavy (non-hydrogen) atoms. The first kappa shape index (κ1) is 15.2. The lowest BCUT2D eigenvalue weighted by Crippen LogP contribution is -2.36. The summed E-state index contributed by atoms with van der Waals surface area (Å²) in [6.45, 7) is 4.67. The molecule has 1 aliphatic heterocycles. The molecule has 0 spiro atoms. The lowest BCUT2D eigenvalue weighted by molar-refractivity contribution is 0.115. The van der Waals surface area contributed by atoms with Crippen molar-refractivity contribution in [1.29, 1.82) is 0 Å². The van der Waals surface area contributed by atoms with Gasteiger partial charge in [-0.05, 0) is 25.5 Å². The molecule has 5 nitrogen and oxygen atoms in total. The van der Waals surface area contributed by atoms with E-state index in [4.69, 9.17) is 4.74 Å². The van der Waals surface area contributed by atoms with Crippen LogP contribution in [0.2, 0.25) is 0 Å². The minimum absolute atomic E-state index is 0.196. The highest BCUT2D eigenvalue weighted by molar-refractivity contribution is 7.18. The maximum Gasteiger partial charge on any atom is 0.409 e. The van der Waals surface area contributed by atoms with Gasteiger partial charge in [0.2, 0.25) is 0 Å². The molecule has 1 aromatic heterocycles. The van der Waals surface area contributed by atoms with E-state index in [-0.39, 0.29) is 6.09 Å². The molecular weight excluding hydrogens is 298 g/mol. The highest BCUT2D eigenvalue weighted by Gasteiger charge is 2.26. The monoisotopic (exact) mass is 319 g/mol. The van der Waals surface area contributed by atoms with Crippen LogP contribution < -0.4 is 5.32 Å². The molecule has 1 aliphatic rings. The second kappa shape index (κ2) is 7.07. The van der Waals surface area contributed by atoms with Gasteiger partial charge in [-0.25, -0.2) is 9.78 Å². The van der Waals surface area contributed by atoms with E-state index in [0.717, 1.165) is 43.0 Å². The zero-order valence-electron chi connectivity index (χ0n) is 12.7. The van der Waals surface area contributed by atoms with E-state index in [1.54, 1.807) is 16.2 Å². The Hall–Kier alpha value is -1.66. The van der Waals surface area contributed by atoms with Gasteiger partial charge >= 0.3 is 6.09 Å². The molecule has 2 heterocycles. The van der Waals surface area contributed by atoms with Crippen molar-refractivity contribution in [2.75, 3.05) is 26.2 Å². The summed E-state index contributed by atoms with van der Waals surface area (Å²) < 4.78 is 6.27. The first-order chi connectivity index (χ1) is 10.8. The summed E-state index contributed by atoms with van der Waals surface area (Å²) in [5, 5.41) is 4.68. The zero-order chi connectivity index (χ0) is 15.4. The van der Waals surface area contributed by atoms with Crippen molar-refractivity contribution in [1.82, 2.24) is 15.2 Å². The number of rotatable bonds is 5. The zero-order valence-corrected chi connectivity index (χ0v) is 13.6. The maximum atomic E-state index is 11.7. The number of para-hydroxylation sites is 1. The number of likely N-dealkylation sites (tertiary alicyclic amines) is 1. The quantitative estimate of drug-likeness (QED) is 0.920. The Labute approximate surface area is 134 Å². The van der Waals surface area contributed by atoms with E-state index in [9.17, 15) is 4.79 Å². The van der Waals surface area contributed by atoms with Crippen LogP contribution in [0, 0.1) is 0 Å². The van der Waals surface area contributed by atoms with Gasteiger partial charge in [0, 0.05) is 32.1 Å². The van der Waals surface area contributed by atoms with E-state index in [1.807, 2.05) is 19.1 Å². The summed E-state index contributed by atoms with van der Waals surface area (Å²) >= 11 is 1.76. The topological polar surface area (TPSA) is 54.5 Å². The molecule has 1 saturated heterocycles. The molecule has 6 heteroatoms. The van der Waals surface area contributed by atoms with Crippen molar-refractivity contribution < 1.29 is 9.53 Å². The normalized spacial score (nSPS) is 18.0. The van der Waals surface area contributed by atoms with Crippen molar-refractivity contribution in [3.05, 3.63) is 29.3 Å². The molecule has 0 unspecified atom stereocenters. The molecule has 1 aromatic carbocycles. The van der Waals surface area contributed by atoms with Gasteiger partial charge in [-0.3, -0.25) is 0 Å². The van der Waals surface area contributed by atoms with Crippen LogP contribution in [0.1, 0.15) is 18.4 Å². The smallest absolute Gasteiger partial charge is 0.409 e.